The Hall–Kier alpha value is -0.0800. The van der Waals surface area contributed by atoms with Crippen LogP contribution in [0.15, 0.2) is 0 Å². The zero-order chi connectivity index (χ0) is 11.4. The Kier molecular flexibility index (Phi) is 5.07. The molecule has 1 aliphatic heterocycles. The van der Waals surface area contributed by atoms with Gasteiger partial charge < -0.3 is 9.64 Å². The third-order valence-corrected chi connectivity index (χ3v) is 3.80. The van der Waals surface area contributed by atoms with Crippen LogP contribution in [0.3, 0.4) is 0 Å². The summed E-state index contributed by atoms with van der Waals surface area (Å²) in [5, 5.41) is 0. The van der Waals surface area contributed by atoms with Gasteiger partial charge in [-0.1, -0.05) is 13.8 Å². The molecule has 0 aromatic heterocycles. The molecule has 1 heterocycles. The van der Waals surface area contributed by atoms with E-state index < -0.39 is 0 Å². The van der Waals surface area contributed by atoms with Crippen LogP contribution in [0, 0.1) is 11.8 Å². The van der Waals surface area contributed by atoms with Crippen molar-refractivity contribution in [1.29, 1.82) is 0 Å². The average Bonchev–Trinajstić information content (AvgIpc) is 2.77. The van der Waals surface area contributed by atoms with E-state index in [0.29, 0.717) is 6.10 Å². The van der Waals surface area contributed by atoms with Crippen LogP contribution in [0.4, 0.5) is 0 Å². The molecule has 1 unspecified atom stereocenters. The fourth-order valence-corrected chi connectivity index (χ4v) is 2.89. The van der Waals surface area contributed by atoms with Crippen LogP contribution < -0.4 is 0 Å². The maximum atomic E-state index is 5.42. The highest BCUT2D eigenvalue weighted by Crippen LogP contribution is 2.39. The molecule has 1 saturated heterocycles. The molecule has 0 radical (unpaired) electrons. The van der Waals surface area contributed by atoms with Crippen LogP contribution in [0.5, 0.6) is 0 Å². The van der Waals surface area contributed by atoms with Crippen molar-refractivity contribution in [3.63, 3.8) is 0 Å². The van der Waals surface area contributed by atoms with Crippen molar-refractivity contribution in [3.05, 3.63) is 0 Å². The zero-order valence-electron chi connectivity index (χ0n) is 11.0. The summed E-state index contributed by atoms with van der Waals surface area (Å²) in [5.41, 5.74) is 0. The van der Waals surface area contributed by atoms with E-state index in [4.69, 9.17) is 4.74 Å². The number of hydrogen-bond acceptors (Lipinski definition) is 2. The van der Waals surface area contributed by atoms with Gasteiger partial charge in [-0.25, -0.2) is 0 Å². The Balaban J connectivity index is 0.000000531. The Morgan fingerprint density at radius 2 is 1.53 bits per heavy atom. The molecule has 0 aromatic rings. The second kappa shape index (κ2) is 5.86. The van der Waals surface area contributed by atoms with Gasteiger partial charge in [0, 0.05) is 26.2 Å². The highest BCUT2D eigenvalue weighted by molar-refractivity contribution is 4.93. The van der Waals surface area contributed by atoms with Crippen LogP contribution in [-0.2, 0) is 4.74 Å². The van der Waals surface area contributed by atoms with Gasteiger partial charge in [0.05, 0.1) is 6.10 Å². The lowest BCUT2D eigenvalue weighted by Gasteiger charge is -2.22. The van der Waals surface area contributed by atoms with Gasteiger partial charge in [-0.05, 0) is 38.5 Å². The number of nitrogens with zero attached hydrogens (tertiary/aromatic N) is 1. The van der Waals surface area contributed by atoms with Crippen molar-refractivity contribution in [2.45, 2.75) is 52.7 Å². The summed E-state index contributed by atoms with van der Waals surface area (Å²) in [6.45, 7) is 11.2. The van der Waals surface area contributed by atoms with Crippen LogP contribution in [-0.4, -0.2) is 37.2 Å². The normalized spacial score (nSPS) is 35.2. The van der Waals surface area contributed by atoms with Gasteiger partial charge in [-0.3, -0.25) is 0 Å². The summed E-state index contributed by atoms with van der Waals surface area (Å²) in [5.74, 6) is 1.85. The van der Waals surface area contributed by atoms with Gasteiger partial charge in [-0.15, -0.1) is 0 Å². The fraction of sp³-hybridized carbons (Fsp3) is 1.00. The minimum atomic E-state index is 0.560. The molecular weight excluding hydrogens is 186 g/mol. The van der Waals surface area contributed by atoms with E-state index >= 15 is 0 Å². The lowest BCUT2D eigenvalue weighted by Crippen LogP contribution is -2.30. The summed E-state index contributed by atoms with van der Waals surface area (Å²) in [4.78, 5) is 2.61. The van der Waals surface area contributed by atoms with Crippen LogP contribution in [0.2, 0.25) is 0 Å². The van der Waals surface area contributed by atoms with E-state index in [2.05, 4.69) is 18.7 Å². The number of methoxy groups -OCH3 is 1. The Bertz CT molecular complexity index is 167. The molecule has 0 bridgehead atoms. The van der Waals surface area contributed by atoms with Gasteiger partial charge in [0.25, 0.3) is 0 Å². The molecule has 2 nitrogen and oxygen atoms in total. The van der Waals surface area contributed by atoms with Crippen molar-refractivity contribution >= 4 is 0 Å². The van der Waals surface area contributed by atoms with E-state index in [9.17, 15) is 0 Å². The minimum absolute atomic E-state index is 0.560. The molecule has 2 heteroatoms. The second-order valence-electron chi connectivity index (χ2n) is 4.90. The first kappa shape index (κ1) is 13.0. The summed E-state index contributed by atoms with van der Waals surface area (Å²) in [6.07, 6.45) is 3.15. The molecule has 0 amide bonds. The largest absolute Gasteiger partial charge is 0.381 e. The fourth-order valence-electron chi connectivity index (χ4n) is 2.89. The van der Waals surface area contributed by atoms with E-state index in [0.717, 1.165) is 17.9 Å². The highest BCUT2D eigenvalue weighted by atomic mass is 16.5. The third-order valence-electron chi connectivity index (χ3n) is 3.80. The zero-order valence-corrected chi connectivity index (χ0v) is 11.0. The van der Waals surface area contributed by atoms with Crippen molar-refractivity contribution in [3.8, 4) is 0 Å². The first-order valence-electron chi connectivity index (χ1n) is 6.47. The number of hydrogen-bond donors (Lipinski definition) is 0. The van der Waals surface area contributed by atoms with E-state index in [-0.39, 0.29) is 0 Å². The summed E-state index contributed by atoms with van der Waals surface area (Å²) < 4.78 is 5.42. The number of ether oxygens (including phenoxy) is 1. The number of rotatable bonds is 2. The number of fused-ring (bicyclic) bond motifs is 1. The van der Waals surface area contributed by atoms with Gasteiger partial charge in [0.1, 0.15) is 0 Å². The Morgan fingerprint density at radius 1 is 1.07 bits per heavy atom. The topological polar surface area (TPSA) is 12.5 Å². The monoisotopic (exact) mass is 213 g/mol. The van der Waals surface area contributed by atoms with Crippen molar-refractivity contribution in [1.82, 2.24) is 4.90 Å². The molecule has 2 aliphatic rings. The van der Waals surface area contributed by atoms with Gasteiger partial charge in [0.2, 0.25) is 0 Å². The molecule has 0 N–H and O–H groups in total. The Labute approximate surface area is 95.0 Å². The lowest BCUT2D eigenvalue weighted by molar-refractivity contribution is 0.0947. The molecule has 1 saturated carbocycles. The van der Waals surface area contributed by atoms with E-state index in [1.165, 1.54) is 25.9 Å². The molecule has 90 valence electrons. The molecular formula is C13H27NO. The van der Waals surface area contributed by atoms with E-state index in [1.807, 2.05) is 21.0 Å². The predicted molar refractivity (Wildman–Crippen MR) is 65.1 cm³/mol. The van der Waals surface area contributed by atoms with Crippen molar-refractivity contribution < 1.29 is 4.74 Å². The average molecular weight is 213 g/mol. The SMILES string of the molecule is CC.COC1C[C@@H]2CN(C(C)C)C[C@@H]2C1. The molecule has 1 aliphatic carbocycles. The van der Waals surface area contributed by atoms with Gasteiger partial charge in [-0.2, -0.15) is 0 Å². The highest BCUT2D eigenvalue weighted by Gasteiger charge is 2.41. The quantitative estimate of drug-likeness (QED) is 0.699. The third kappa shape index (κ3) is 2.94. The summed E-state index contributed by atoms with van der Waals surface area (Å²) in [7, 11) is 1.85. The minimum Gasteiger partial charge on any atom is -0.381 e. The lowest BCUT2D eigenvalue weighted by atomic mass is 10.0. The molecule has 0 aromatic carbocycles. The Morgan fingerprint density at radius 3 is 1.87 bits per heavy atom. The van der Waals surface area contributed by atoms with Crippen LogP contribution in [0.25, 0.3) is 0 Å². The first-order chi connectivity index (χ1) is 7.20. The second-order valence-corrected chi connectivity index (χ2v) is 4.90. The smallest absolute Gasteiger partial charge is 0.0577 e. The van der Waals surface area contributed by atoms with Crippen LogP contribution >= 0.6 is 0 Å². The summed E-state index contributed by atoms with van der Waals surface area (Å²) >= 11 is 0. The van der Waals surface area contributed by atoms with Crippen molar-refractivity contribution in [2.75, 3.05) is 20.2 Å². The molecule has 0 spiro atoms. The maximum Gasteiger partial charge on any atom is 0.0577 e. The molecule has 2 rings (SSSR count). The van der Waals surface area contributed by atoms with Gasteiger partial charge >= 0.3 is 0 Å². The van der Waals surface area contributed by atoms with Gasteiger partial charge in [0.15, 0.2) is 0 Å². The van der Waals surface area contributed by atoms with Crippen molar-refractivity contribution in [2.24, 2.45) is 11.8 Å². The molecule has 15 heavy (non-hydrogen) atoms. The summed E-state index contributed by atoms with van der Waals surface area (Å²) in [6, 6.07) is 0.728. The number of likely N-dealkylation sites (tertiary alicyclic amines) is 1. The maximum absolute atomic E-state index is 5.42. The van der Waals surface area contributed by atoms with Crippen LogP contribution in [0.1, 0.15) is 40.5 Å². The first-order valence-corrected chi connectivity index (χ1v) is 6.47. The standard InChI is InChI=1S/C11H21NO.C2H6/c1-8(2)12-6-9-4-11(13-3)5-10(9)7-12;1-2/h8-11H,4-7H2,1-3H3;1-2H3/t9-,10+,11?;. The molecule has 2 fully saturated rings. The predicted octanol–water partition coefficient (Wildman–Crippen LogP) is 2.78. The molecule has 3 atom stereocenters. The van der Waals surface area contributed by atoms with E-state index in [1.54, 1.807) is 0 Å².